The summed E-state index contributed by atoms with van der Waals surface area (Å²) < 4.78 is 11.2. The number of methoxy groups -OCH3 is 2. The normalized spacial score (nSPS) is 13.2. The first-order valence-corrected chi connectivity index (χ1v) is 15.7. The zero-order chi connectivity index (χ0) is 30.9. The summed E-state index contributed by atoms with van der Waals surface area (Å²) in [6.07, 6.45) is 3.56. The van der Waals surface area contributed by atoms with Gasteiger partial charge in [0.2, 0.25) is 0 Å². The number of fused-ring (bicyclic) bond motifs is 2. The van der Waals surface area contributed by atoms with E-state index in [1.54, 1.807) is 25.6 Å². The fourth-order valence-electron chi connectivity index (χ4n) is 5.83. The van der Waals surface area contributed by atoms with E-state index in [9.17, 15) is 4.79 Å². The molecule has 0 saturated heterocycles. The molecule has 6 aromatic rings. The first-order chi connectivity index (χ1) is 22.0. The number of halogens is 1. The van der Waals surface area contributed by atoms with Crippen LogP contribution in [0.2, 0.25) is 5.02 Å². The molecule has 0 unspecified atom stereocenters. The second-order valence-corrected chi connectivity index (χ2v) is 12.0. The van der Waals surface area contributed by atoms with Crippen LogP contribution in [0.4, 0.5) is 5.69 Å². The molecule has 0 aliphatic heterocycles. The number of amides is 1. The molecule has 8 heteroatoms. The van der Waals surface area contributed by atoms with Crippen LogP contribution < -0.4 is 14.8 Å². The summed E-state index contributed by atoms with van der Waals surface area (Å²) >= 11 is 7.62. The maximum atomic E-state index is 14.1. The standard InChI is InChI=1S/C37H28ClN3O3S/c1-43-32-12-6-7-24(35(32)44-2)19-23-15-18-29-33(28-10-3-4-11-30(28)40-34(23)29)36(42)39-27-9-5-8-25(20-27)37-41-31(21-45-37)22-13-16-26(38)17-14-22/h3-14,16-17,19-21H,15,18H2,1-2H3,(H,39,42)/b23-19-. The fraction of sp³-hybridized carbons (Fsp3) is 0.108. The van der Waals surface area contributed by atoms with Crippen molar-refractivity contribution in [1.29, 1.82) is 0 Å². The number of nitrogens with one attached hydrogen (secondary N) is 1. The summed E-state index contributed by atoms with van der Waals surface area (Å²) in [5.41, 5.74) is 8.69. The Balaban J connectivity index is 1.23. The molecule has 0 saturated carbocycles. The van der Waals surface area contributed by atoms with Gasteiger partial charge in [-0.15, -0.1) is 11.3 Å². The number of rotatable bonds is 7. The van der Waals surface area contributed by atoms with Gasteiger partial charge in [-0.05, 0) is 66.5 Å². The van der Waals surface area contributed by atoms with Crippen LogP contribution in [-0.4, -0.2) is 30.1 Å². The summed E-state index contributed by atoms with van der Waals surface area (Å²) in [6, 6.07) is 29.1. The number of pyridine rings is 1. The Hall–Kier alpha value is -4.98. The number of para-hydroxylation sites is 2. The molecule has 2 aromatic heterocycles. The summed E-state index contributed by atoms with van der Waals surface area (Å²) in [4.78, 5) is 24.0. The Kier molecular flexibility index (Phi) is 7.79. The van der Waals surface area contributed by atoms with Gasteiger partial charge in [0.15, 0.2) is 11.5 Å². The minimum Gasteiger partial charge on any atom is -0.493 e. The summed E-state index contributed by atoms with van der Waals surface area (Å²) in [5.74, 6) is 1.17. The molecule has 1 amide bonds. The van der Waals surface area contributed by atoms with E-state index >= 15 is 0 Å². The number of hydrogen-bond acceptors (Lipinski definition) is 6. The lowest BCUT2D eigenvalue weighted by Gasteiger charge is -2.14. The highest BCUT2D eigenvalue weighted by molar-refractivity contribution is 7.13. The van der Waals surface area contributed by atoms with E-state index in [1.165, 1.54) is 0 Å². The molecule has 1 N–H and O–H groups in total. The number of anilines is 1. The third-order valence-corrected chi connectivity index (χ3v) is 9.09. The first-order valence-electron chi connectivity index (χ1n) is 14.5. The Labute approximate surface area is 270 Å². The monoisotopic (exact) mass is 629 g/mol. The highest BCUT2D eigenvalue weighted by Crippen LogP contribution is 2.40. The van der Waals surface area contributed by atoms with Gasteiger partial charge >= 0.3 is 0 Å². The smallest absolute Gasteiger partial charge is 0.256 e. The zero-order valence-electron chi connectivity index (χ0n) is 24.6. The van der Waals surface area contributed by atoms with Crippen molar-refractivity contribution in [2.45, 2.75) is 12.8 Å². The number of hydrogen-bond donors (Lipinski definition) is 1. The maximum Gasteiger partial charge on any atom is 0.256 e. The molecule has 6 nitrogen and oxygen atoms in total. The van der Waals surface area contributed by atoms with E-state index in [2.05, 4.69) is 11.4 Å². The third-order valence-electron chi connectivity index (χ3n) is 7.94. The van der Waals surface area contributed by atoms with Gasteiger partial charge in [-0.3, -0.25) is 4.79 Å². The van der Waals surface area contributed by atoms with E-state index in [4.69, 9.17) is 31.0 Å². The number of allylic oxidation sites excluding steroid dienone is 1. The van der Waals surface area contributed by atoms with Gasteiger partial charge in [-0.1, -0.05) is 66.2 Å². The van der Waals surface area contributed by atoms with Crippen molar-refractivity contribution >= 4 is 57.1 Å². The molecular weight excluding hydrogens is 602 g/mol. The van der Waals surface area contributed by atoms with Crippen LogP contribution in [0.25, 0.3) is 44.4 Å². The van der Waals surface area contributed by atoms with Gasteiger partial charge in [-0.2, -0.15) is 0 Å². The molecule has 0 atom stereocenters. The number of thiazole rings is 1. The quantitative estimate of drug-likeness (QED) is 0.190. The summed E-state index contributed by atoms with van der Waals surface area (Å²) in [5, 5.41) is 7.59. The topological polar surface area (TPSA) is 73.3 Å². The summed E-state index contributed by atoms with van der Waals surface area (Å²) in [7, 11) is 3.27. The van der Waals surface area contributed by atoms with Crippen molar-refractivity contribution in [3.8, 4) is 33.3 Å². The predicted molar refractivity (Wildman–Crippen MR) is 183 cm³/mol. The van der Waals surface area contributed by atoms with Crippen LogP contribution in [-0.2, 0) is 6.42 Å². The van der Waals surface area contributed by atoms with Crippen LogP contribution in [0, 0.1) is 0 Å². The van der Waals surface area contributed by atoms with Crippen LogP contribution >= 0.6 is 22.9 Å². The zero-order valence-corrected chi connectivity index (χ0v) is 26.2. The van der Waals surface area contributed by atoms with Crippen LogP contribution in [0.5, 0.6) is 11.5 Å². The van der Waals surface area contributed by atoms with Crippen molar-refractivity contribution in [3.63, 3.8) is 0 Å². The Morgan fingerprint density at radius 3 is 2.53 bits per heavy atom. The van der Waals surface area contributed by atoms with Crippen molar-refractivity contribution in [3.05, 3.63) is 124 Å². The van der Waals surface area contributed by atoms with Crippen molar-refractivity contribution < 1.29 is 14.3 Å². The molecule has 1 aliphatic rings. The van der Waals surface area contributed by atoms with Crippen LogP contribution in [0.3, 0.4) is 0 Å². The molecule has 0 bridgehead atoms. The molecule has 2 heterocycles. The largest absolute Gasteiger partial charge is 0.493 e. The van der Waals surface area contributed by atoms with E-state index in [0.717, 1.165) is 61.5 Å². The number of aromatic nitrogens is 2. The number of nitrogens with zero attached hydrogens (tertiary/aromatic N) is 2. The molecule has 7 rings (SSSR count). The molecular formula is C37H28ClN3O3S. The minimum atomic E-state index is -0.164. The van der Waals surface area contributed by atoms with E-state index in [1.807, 2.05) is 96.4 Å². The van der Waals surface area contributed by atoms with Crippen molar-refractivity contribution in [2.24, 2.45) is 0 Å². The third kappa shape index (κ3) is 5.57. The Morgan fingerprint density at radius 1 is 0.889 bits per heavy atom. The SMILES string of the molecule is COc1cccc(/C=C2/CCc3c2nc2ccccc2c3C(=O)Nc2cccc(-c3nc(-c4ccc(Cl)cc4)cs3)c2)c1OC. The van der Waals surface area contributed by atoms with Crippen LogP contribution in [0.1, 0.15) is 33.6 Å². The average molecular weight is 630 g/mol. The maximum absolute atomic E-state index is 14.1. The molecule has 0 fully saturated rings. The minimum absolute atomic E-state index is 0.164. The van der Waals surface area contributed by atoms with Crippen molar-refractivity contribution in [2.75, 3.05) is 19.5 Å². The lowest BCUT2D eigenvalue weighted by atomic mass is 9.99. The molecule has 45 heavy (non-hydrogen) atoms. The van der Waals surface area contributed by atoms with Gasteiger partial charge in [0.25, 0.3) is 5.91 Å². The lowest BCUT2D eigenvalue weighted by molar-refractivity contribution is 0.102. The Bertz CT molecular complexity index is 2100. The van der Waals surface area contributed by atoms with Crippen molar-refractivity contribution in [1.82, 2.24) is 9.97 Å². The first kappa shape index (κ1) is 28.8. The van der Waals surface area contributed by atoms with E-state index in [0.29, 0.717) is 34.2 Å². The number of carbonyl (C=O) groups is 1. The second-order valence-electron chi connectivity index (χ2n) is 10.7. The van der Waals surface area contributed by atoms with Gasteiger partial charge in [0, 0.05) is 38.2 Å². The summed E-state index contributed by atoms with van der Waals surface area (Å²) in [6.45, 7) is 0. The van der Waals surface area contributed by atoms with Gasteiger partial charge in [0.1, 0.15) is 5.01 Å². The Morgan fingerprint density at radius 2 is 1.71 bits per heavy atom. The fourth-order valence-corrected chi connectivity index (χ4v) is 6.79. The number of benzene rings is 4. The lowest BCUT2D eigenvalue weighted by Crippen LogP contribution is -2.15. The highest BCUT2D eigenvalue weighted by Gasteiger charge is 2.27. The predicted octanol–water partition coefficient (Wildman–Crippen LogP) is 9.43. The number of carbonyl (C=O) groups excluding carboxylic acids is 1. The van der Waals surface area contributed by atoms with Gasteiger partial charge in [-0.25, -0.2) is 9.97 Å². The second kappa shape index (κ2) is 12.2. The average Bonchev–Trinajstić information content (AvgIpc) is 3.72. The number of ether oxygens (including phenoxy) is 2. The van der Waals surface area contributed by atoms with Crippen LogP contribution in [0.15, 0.2) is 96.4 Å². The molecule has 222 valence electrons. The molecule has 4 aromatic carbocycles. The molecule has 0 spiro atoms. The van der Waals surface area contributed by atoms with Gasteiger partial charge < -0.3 is 14.8 Å². The highest BCUT2D eigenvalue weighted by atomic mass is 35.5. The molecule has 0 radical (unpaired) electrons. The van der Waals surface area contributed by atoms with Gasteiger partial charge in [0.05, 0.1) is 36.7 Å². The van der Waals surface area contributed by atoms with E-state index < -0.39 is 0 Å². The molecule has 1 aliphatic carbocycles. The van der Waals surface area contributed by atoms with E-state index in [-0.39, 0.29) is 5.91 Å².